The highest BCUT2D eigenvalue weighted by Gasteiger charge is 2.11. The molecule has 3 rings (SSSR count). The molecule has 0 aliphatic carbocycles. The van der Waals surface area contributed by atoms with Gasteiger partial charge in [0.15, 0.2) is 0 Å². The van der Waals surface area contributed by atoms with E-state index in [1.165, 1.54) is 0 Å². The number of aromatic amines is 1. The number of rotatable bonds is 2. The monoisotopic (exact) mass is 240 g/mol. The Morgan fingerprint density at radius 3 is 2.67 bits per heavy atom. The summed E-state index contributed by atoms with van der Waals surface area (Å²) in [6, 6.07) is 3.90. The van der Waals surface area contributed by atoms with Gasteiger partial charge in [-0.1, -0.05) is 0 Å². The number of aromatic nitrogens is 4. The molecule has 0 fully saturated rings. The Hall–Kier alpha value is -2.43. The van der Waals surface area contributed by atoms with Gasteiger partial charge in [0.2, 0.25) is 5.89 Å². The molecular weight excluding hydrogens is 228 g/mol. The fourth-order valence-corrected chi connectivity index (χ4v) is 1.80. The number of nitrogens with zero attached hydrogens (tertiary/aromatic N) is 3. The maximum Gasteiger partial charge on any atom is 0.226 e. The quantitative estimate of drug-likeness (QED) is 0.747. The smallest absolute Gasteiger partial charge is 0.226 e. The number of oxazole rings is 1. The lowest BCUT2D eigenvalue weighted by atomic mass is 10.1. The van der Waals surface area contributed by atoms with Crippen LogP contribution in [0.15, 0.2) is 35.2 Å². The van der Waals surface area contributed by atoms with Crippen LogP contribution >= 0.6 is 0 Å². The fourth-order valence-electron chi connectivity index (χ4n) is 1.80. The van der Waals surface area contributed by atoms with E-state index in [1.807, 2.05) is 26.0 Å². The van der Waals surface area contributed by atoms with Crippen molar-refractivity contribution in [3.8, 4) is 22.8 Å². The van der Waals surface area contributed by atoms with Crippen molar-refractivity contribution in [3.05, 3.63) is 42.0 Å². The number of pyridine rings is 1. The molecule has 5 heteroatoms. The van der Waals surface area contributed by atoms with Gasteiger partial charge < -0.3 is 4.42 Å². The summed E-state index contributed by atoms with van der Waals surface area (Å²) in [5.74, 6) is 0.600. The van der Waals surface area contributed by atoms with Crippen molar-refractivity contribution in [2.45, 2.75) is 13.8 Å². The van der Waals surface area contributed by atoms with E-state index in [4.69, 9.17) is 4.42 Å². The minimum Gasteiger partial charge on any atom is -0.445 e. The minimum absolute atomic E-state index is 0.600. The van der Waals surface area contributed by atoms with Crippen LogP contribution in [-0.2, 0) is 0 Å². The van der Waals surface area contributed by atoms with Crippen LogP contribution < -0.4 is 0 Å². The second kappa shape index (κ2) is 4.10. The Morgan fingerprint density at radius 2 is 2.00 bits per heavy atom. The fraction of sp³-hybridized carbons (Fsp3) is 0.154. The first-order valence-corrected chi connectivity index (χ1v) is 5.63. The molecule has 5 nitrogen and oxygen atoms in total. The molecule has 0 amide bonds. The van der Waals surface area contributed by atoms with Gasteiger partial charge >= 0.3 is 0 Å². The van der Waals surface area contributed by atoms with E-state index in [0.29, 0.717) is 5.89 Å². The predicted molar refractivity (Wildman–Crippen MR) is 66.8 cm³/mol. The summed E-state index contributed by atoms with van der Waals surface area (Å²) in [4.78, 5) is 8.55. The standard InChI is InChI=1S/C13H12N4O/c1-8-7-15-11(12-5-9(2)16-17-12)6-10(8)13-14-3-4-18-13/h3-7H,1-2H3,(H,16,17). The maximum atomic E-state index is 5.33. The van der Waals surface area contributed by atoms with E-state index < -0.39 is 0 Å². The van der Waals surface area contributed by atoms with Crippen LogP contribution in [-0.4, -0.2) is 20.2 Å². The Labute approximate surface area is 104 Å². The molecule has 3 aromatic heterocycles. The number of nitrogens with one attached hydrogen (secondary N) is 1. The third kappa shape index (κ3) is 1.79. The van der Waals surface area contributed by atoms with Crippen LogP contribution in [0.1, 0.15) is 11.3 Å². The molecule has 0 radical (unpaired) electrons. The number of hydrogen-bond acceptors (Lipinski definition) is 4. The zero-order chi connectivity index (χ0) is 12.5. The lowest BCUT2D eigenvalue weighted by Gasteiger charge is -2.03. The van der Waals surface area contributed by atoms with Gasteiger partial charge in [0.1, 0.15) is 12.0 Å². The van der Waals surface area contributed by atoms with E-state index in [0.717, 1.165) is 28.2 Å². The van der Waals surface area contributed by atoms with E-state index >= 15 is 0 Å². The lowest BCUT2D eigenvalue weighted by molar-refractivity contribution is 0.574. The third-order valence-corrected chi connectivity index (χ3v) is 2.73. The van der Waals surface area contributed by atoms with Crippen molar-refractivity contribution < 1.29 is 4.42 Å². The molecule has 0 aliphatic rings. The molecule has 0 saturated carbocycles. The van der Waals surface area contributed by atoms with Crippen molar-refractivity contribution in [2.75, 3.05) is 0 Å². The van der Waals surface area contributed by atoms with Crippen molar-refractivity contribution >= 4 is 0 Å². The average molecular weight is 240 g/mol. The molecule has 3 aromatic rings. The van der Waals surface area contributed by atoms with E-state index in [2.05, 4.69) is 20.2 Å². The average Bonchev–Trinajstić information content (AvgIpc) is 3.01. The molecule has 0 atom stereocenters. The van der Waals surface area contributed by atoms with Crippen molar-refractivity contribution in [1.29, 1.82) is 0 Å². The number of aryl methyl sites for hydroxylation is 2. The van der Waals surface area contributed by atoms with Gasteiger partial charge in [-0.2, -0.15) is 5.10 Å². The normalized spacial score (nSPS) is 10.8. The first-order valence-electron chi connectivity index (χ1n) is 5.63. The minimum atomic E-state index is 0.600. The van der Waals surface area contributed by atoms with Gasteiger partial charge in [-0.05, 0) is 31.5 Å². The molecule has 0 unspecified atom stereocenters. The van der Waals surface area contributed by atoms with Crippen LogP contribution in [0, 0.1) is 13.8 Å². The second-order valence-corrected chi connectivity index (χ2v) is 4.16. The number of H-pyrrole nitrogens is 1. The number of hydrogen-bond donors (Lipinski definition) is 1. The zero-order valence-corrected chi connectivity index (χ0v) is 10.1. The van der Waals surface area contributed by atoms with Crippen LogP contribution in [0.3, 0.4) is 0 Å². The van der Waals surface area contributed by atoms with Crippen molar-refractivity contribution in [3.63, 3.8) is 0 Å². The molecule has 18 heavy (non-hydrogen) atoms. The van der Waals surface area contributed by atoms with Crippen LogP contribution in [0.5, 0.6) is 0 Å². The largest absolute Gasteiger partial charge is 0.445 e. The van der Waals surface area contributed by atoms with Crippen LogP contribution in [0.2, 0.25) is 0 Å². The molecule has 0 aromatic carbocycles. The SMILES string of the molecule is Cc1cc(-c2cc(-c3ncco3)c(C)cn2)n[nH]1. The molecule has 0 saturated heterocycles. The molecule has 1 N–H and O–H groups in total. The summed E-state index contributed by atoms with van der Waals surface area (Å²) >= 11 is 0. The molecule has 0 bridgehead atoms. The summed E-state index contributed by atoms with van der Waals surface area (Å²) in [5.41, 5.74) is 4.59. The maximum absolute atomic E-state index is 5.33. The van der Waals surface area contributed by atoms with Gasteiger partial charge in [0.05, 0.1) is 11.9 Å². The zero-order valence-electron chi connectivity index (χ0n) is 10.1. The molecule has 3 heterocycles. The van der Waals surface area contributed by atoms with E-state index in [-0.39, 0.29) is 0 Å². The van der Waals surface area contributed by atoms with Crippen molar-refractivity contribution in [1.82, 2.24) is 20.2 Å². The highest BCUT2D eigenvalue weighted by Crippen LogP contribution is 2.25. The highest BCUT2D eigenvalue weighted by molar-refractivity contribution is 5.66. The first-order chi connectivity index (χ1) is 8.74. The molecule has 0 spiro atoms. The topological polar surface area (TPSA) is 67.6 Å². The highest BCUT2D eigenvalue weighted by atomic mass is 16.3. The summed E-state index contributed by atoms with van der Waals surface area (Å²) < 4.78 is 5.33. The Kier molecular flexibility index (Phi) is 2.44. The molecular formula is C13H12N4O. The van der Waals surface area contributed by atoms with E-state index in [1.54, 1.807) is 18.7 Å². The second-order valence-electron chi connectivity index (χ2n) is 4.16. The van der Waals surface area contributed by atoms with Crippen LogP contribution in [0.25, 0.3) is 22.8 Å². The van der Waals surface area contributed by atoms with Gasteiger partial charge in [-0.3, -0.25) is 10.1 Å². The first kappa shape index (κ1) is 10.7. The molecule has 90 valence electrons. The van der Waals surface area contributed by atoms with Crippen molar-refractivity contribution in [2.24, 2.45) is 0 Å². The predicted octanol–water partition coefficient (Wildman–Crippen LogP) is 2.74. The summed E-state index contributed by atoms with van der Waals surface area (Å²) in [6.45, 7) is 3.94. The van der Waals surface area contributed by atoms with Gasteiger partial charge in [-0.25, -0.2) is 4.98 Å². The Balaban J connectivity index is 2.11. The third-order valence-electron chi connectivity index (χ3n) is 2.73. The summed E-state index contributed by atoms with van der Waals surface area (Å²) in [6.07, 6.45) is 5.00. The Bertz CT molecular complexity index is 670. The summed E-state index contributed by atoms with van der Waals surface area (Å²) in [7, 11) is 0. The van der Waals surface area contributed by atoms with E-state index in [9.17, 15) is 0 Å². The van der Waals surface area contributed by atoms with Crippen LogP contribution in [0.4, 0.5) is 0 Å². The Morgan fingerprint density at radius 1 is 1.11 bits per heavy atom. The van der Waals surface area contributed by atoms with Gasteiger partial charge in [-0.15, -0.1) is 0 Å². The van der Waals surface area contributed by atoms with Gasteiger partial charge in [0, 0.05) is 17.5 Å². The van der Waals surface area contributed by atoms with Gasteiger partial charge in [0.25, 0.3) is 0 Å². The lowest BCUT2D eigenvalue weighted by Crippen LogP contribution is -1.90. The molecule has 0 aliphatic heterocycles. The summed E-state index contributed by atoms with van der Waals surface area (Å²) in [5, 5.41) is 7.11.